The minimum atomic E-state index is -0.662. The molecule has 62 valence electrons. The first-order valence-corrected chi connectivity index (χ1v) is 3.51. The Bertz CT molecular complexity index is 180. The second-order valence-corrected chi connectivity index (χ2v) is 2.94. The standard InChI is InChI=1S/C8H12O3/c1-4-6-7(5-9)11-8(2,3)10-6/h1,6-7,9H,5H2,2-3H3/t6-,7-/m1/s1. The molecule has 3 heteroatoms. The normalized spacial score (nSPS) is 35.1. The van der Waals surface area contributed by atoms with Gasteiger partial charge in [-0.15, -0.1) is 6.42 Å². The molecule has 1 saturated heterocycles. The van der Waals surface area contributed by atoms with Crippen LogP contribution in [0.3, 0.4) is 0 Å². The molecule has 0 saturated carbocycles. The molecule has 0 radical (unpaired) electrons. The van der Waals surface area contributed by atoms with Gasteiger partial charge in [0.15, 0.2) is 5.79 Å². The molecule has 0 amide bonds. The molecule has 1 heterocycles. The van der Waals surface area contributed by atoms with E-state index in [1.165, 1.54) is 0 Å². The maximum Gasteiger partial charge on any atom is 0.165 e. The van der Waals surface area contributed by atoms with E-state index in [2.05, 4.69) is 5.92 Å². The second-order valence-electron chi connectivity index (χ2n) is 2.94. The van der Waals surface area contributed by atoms with Gasteiger partial charge in [0.25, 0.3) is 0 Å². The third kappa shape index (κ3) is 1.72. The van der Waals surface area contributed by atoms with Gasteiger partial charge in [-0.05, 0) is 13.8 Å². The van der Waals surface area contributed by atoms with E-state index >= 15 is 0 Å². The van der Waals surface area contributed by atoms with E-state index in [1.807, 2.05) is 0 Å². The maximum absolute atomic E-state index is 8.80. The molecule has 1 aliphatic rings. The van der Waals surface area contributed by atoms with Crippen molar-refractivity contribution in [2.24, 2.45) is 0 Å². The van der Waals surface area contributed by atoms with Crippen LogP contribution >= 0.6 is 0 Å². The number of hydrogen-bond donors (Lipinski definition) is 1. The molecule has 0 aromatic rings. The highest BCUT2D eigenvalue weighted by molar-refractivity contribution is 5.02. The fraction of sp³-hybridized carbons (Fsp3) is 0.750. The first kappa shape index (κ1) is 8.54. The molecule has 0 unspecified atom stereocenters. The number of ether oxygens (including phenoxy) is 2. The lowest BCUT2D eigenvalue weighted by molar-refractivity contribution is -0.145. The van der Waals surface area contributed by atoms with Crippen molar-refractivity contribution >= 4 is 0 Å². The minimum Gasteiger partial charge on any atom is -0.394 e. The van der Waals surface area contributed by atoms with E-state index in [4.69, 9.17) is 21.0 Å². The molecule has 3 nitrogen and oxygen atoms in total. The van der Waals surface area contributed by atoms with Crippen LogP contribution in [0.4, 0.5) is 0 Å². The molecule has 0 aromatic heterocycles. The van der Waals surface area contributed by atoms with Gasteiger partial charge in [-0.2, -0.15) is 0 Å². The third-order valence-corrected chi connectivity index (χ3v) is 1.53. The number of rotatable bonds is 1. The van der Waals surface area contributed by atoms with E-state index in [0.717, 1.165) is 0 Å². The van der Waals surface area contributed by atoms with Crippen LogP contribution in [0, 0.1) is 12.3 Å². The number of hydrogen-bond acceptors (Lipinski definition) is 3. The quantitative estimate of drug-likeness (QED) is 0.548. The van der Waals surface area contributed by atoms with Crippen molar-refractivity contribution in [3.8, 4) is 12.3 Å². The summed E-state index contributed by atoms with van der Waals surface area (Å²) in [7, 11) is 0. The van der Waals surface area contributed by atoms with Crippen molar-refractivity contribution in [2.75, 3.05) is 6.61 Å². The third-order valence-electron chi connectivity index (χ3n) is 1.53. The van der Waals surface area contributed by atoms with E-state index < -0.39 is 11.9 Å². The minimum absolute atomic E-state index is 0.0989. The van der Waals surface area contributed by atoms with Gasteiger partial charge in [0.2, 0.25) is 0 Å². The Balaban J connectivity index is 2.64. The molecule has 2 atom stereocenters. The Morgan fingerprint density at radius 3 is 2.55 bits per heavy atom. The summed E-state index contributed by atoms with van der Waals surface area (Å²) in [6, 6.07) is 0. The lowest BCUT2D eigenvalue weighted by atomic mass is 10.2. The van der Waals surface area contributed by atoms with Gasteiger partial charge in [0.05, 0.1) is 6.61 Å². The molecule has 0 bridgehead atoms. The zero-order valence-electron chi connectivity index (χ0n) is 6.70. The highest BCUT2D eigenvalue weighted by atomic mass is 16.8. The Hall–Kier alpha value is -0.560. The predicted molar refractivity (Wildman–Crippen MR) is 39.7 cm³/mol. The average Bonchev–Trinajstić information content (AvgIpc) is 2.25. The molecule has 0 aliphatic carbocycles. The summed E-state index contributed by atoms with van der Waals surface area (Å²) < 4.78 is 10.6. The Kier molecular flexibility index (Phi) is 2.19. The van der Waals surface area contributed by atoms with Crippen molar-refractivity contribution in [1.82, 2.24) is 0 Å². The first-order valence-electron chi connectivity index (χ1n) is 3.51. The second kappa shape index (κ2) is 2.82. The topological polar surface area (TPSA) is 38.7 Å². The SMILES string of the molecule is C#C[C@H]1OC(C)(C)O[C@@H]1CO. The van der Waals surface area contributed by atoms with Crippen LogP contribution < -0.4 is 0 Å². The van der Waals surface area contributed by atoms with Gasteiger partial charge in [0, 0.05) is 0 Å². The zero-order chi connectivity index (χ0) is 8.48. The lowest BCUT2D eigenvalue weighted by Gasteiger charge is -2.15. The predicted octanol–water partition coefficient (Wildman–Crippen LogP) is 0.132. The molecular formula is C8H12O3. The lowest BCUT2D eigenvalue weighted by Crippen LogP contribution is -2.24. The number of aliphatic hydroxyl groups is 1. The van der Waals surface area contributed by atoms with Gasteiger partial charge in [-0.25, -0.2) is 0 Å². The van der Waals surface area contributed by atoms with Crippen LogP contribution in [0.2, 0.25) is 0 Å². The highest BCUT2D eigenvalue weighted by Gasteiger charge is 2.39. The van der Waals surface area contributed by atoms with Gasteiger partial charge in [-0.1, -0.05) is 5.92 Å². The molecule has 1 aliphatic heterocycles. The molecule has 1 rings (SSSR count). The molecular weight excluding hydrogens is 144 g/mol. The monoisotopic (exact) mass is 156 g/mol. The molecule has 11 heavy (non-hydrogen) atoms. The average molecular weight is 156 g/mol. The summed E-state index contributed by atoms with van der Waals surface area (Å²) >= 11 is 0. The first-order chi connectivity index (χ1) is 5.09. The summed E-state index contributed by atoms with van der Waals surface area (Å²) in [4.78, 5) is 0. The van der Waals surface area contributed by atoms with Gasteiger partial charge < -0.3 is 14.6 Å². The van der Waals surface area contributed by atoms with Crippen molar-refractivity contribution in [2.45, 2.75) is 31.8 Å². The smallest absolute Gasteiger partial charge is 0.165 e. The van der Waals surface area contributed by atoms with Crippen LogP contribution in [0.1, 0.15) is 13.8 Å². The molecule has 1 fully saturated rings. The van der Waals surface area contributed by atoms with Gasteiger partial charge in [-0.3, -0.25) is 0 Å². The summed E-state index contributed by atoms with van der Waals surface area (Å²) in [6.07, 6.45) is 4.35. The van der Waals surface area contributed by atoms with Gasteiger partial charge in [0.1, 0.15) is 12.2 Å². The number of terminal acetylenes is 1. The zero-order valence-corrected chi connectivity index (χ0v) is 6.70. The largest absolute Gasteiger partial charge is 0.394 e. The molecule has 0 spiro atoms. The fourth-order valence-corrected chi connectivity index (χ4v) is 1.11. The van der Waals surface area contributed by atoms with Crippen LogP contribution in [0.5, 0.6) is 0 Å². The van der Waals surface area contributed by atoms with Crippen molar-refractivity contribution in [3.05, 3.63) is 0 Å². The van der Waals surface area contributed by atoms with E-state index in [1.54, 1.807) is 13.8 Å². The fourth-order valence-electron chi connectivity index (χ4n) is 1.11. The van der Waals surface area contributed by atoms with E-state index in [9.17, 15) is 0 Å². The maximum atomic E-state index is 8.80. The van der Waals surface area contributed by atoms with Crippen molar-refractivity contribution in [3.63, 3.8) is 0 Å². The van der Waals surface area contributed by atoms with Crippen LogP contribution in [0.15, 0.2) is 0 Å². The summed E-state index contributed by atoms with van der Waals surface area (Å²) in [5, 5.41) is 8.80. The van der Waals surface area contributed by atoms with Crippen LogP contribution in [0.25, 0.3) is 0 Å². The van der Waals surface area contributed by atoms with Crippen molar-refractivity contribution < 1.29 is 14.6 Å². The Morgan fingerprint density at radius 2 is 2.18 bits per heavy atom. The highest BCUT2D eigenvalue weighted by Crippen LogP contribution is 2.27. The van der Waals surface area contributed by atoms with E-state index in [-0.39, 0.29) is 12.7 Å². The number of aliphatic hydroxyl groups excluding tert-OH is 1. The van der Waals surface area contributed by atoms with Crippen LogP contribution in [-0.2, 0) is 9.47 Å². The van der Waals surface area contributed by atoms with Crippen molar-refractivity contribution in [1.29, 1.82) is 0 Å². The van der Waals surface area contributed by atoms with Crippen LogP contribution in [-0.4, -0.2) is 29.7 Å². The Morgan fingerprint density at radius 1 is 1.55 bits per heavy atom. The molecule has 0 aromatic carbocycles. The van der Waals surface area contributed by atoms with E-state index in [0.29, 0.717) is 0 Å². The van der Waals surface area contributed by atoms with Gasteiger partial charge >= 0.3 is 0 Å². The Labute approximate surface area is 66.3 Å². The molecule has 1 N–H and O–H groups in total. The summed E-state index contributed by atoms with van der Waals surface area (Å²) in [5.74, 6) is 1.75. The summed E-state index contributed by atoms with van der Waals surface area (Å²) in [5.41, 5.74) is 0. The summed E-state index contributed by atoms with van der Waals surface area (Å²) in [6.45, 7) is 3.44.